The van der Waals surface area contributed by atoms with E-state index in [0.717, 1.165) is 0 Å². The van der Waals surface area contributed by atoms with E-state index >= 15 is 0 Å². The van der Waals surface area contributed by atoms with Gasteiger partial charge in [-0.15, -0.1) is 0 Å². The minimum Gasteiger partial charge on any atom is -0.493 e. The van der Waals surface area contributed by atoms with Crippen molar-refractivity contribution < 1.29 is 17.9 Å². The molecule has 0 bridgehead atoms. The molecule has 0 atom stereocenters. The Bertz CT molecular complexity index is 856. The molecule has 2 aromatic rings. The maximum Gasteiger partial charge on any atom is 0.264 e. The zero-order chi connectivity index (χ0) is 17.7. The Kier molecular flexibility index (Phi) is 5.79. The predicted octanol–water partition coefficient (Wildman–Crippen LogP) is 1.87. The first-order chi connectivity index (χ1) is 11.3. The summed E-state index contributed by atoms with van der Waals surface area (Å²) in [6.45, 7) is 2.28. The fourth-order valence-corrected chi connectivity index (χ4v) is 3.61. The maximum atomic E-state index is 12.3. The smallest absolute Gasteiger partial charge is 0.264 e. The Hall–Kier alpha value is -2.13. The topological polar surface area (TPSA) is 111 Å². The minimum atomic E-state index is -3.98. The van der Waals surface area contributed by atoms with Gasteiger partial charge in [0.25, 0.3) is 10.0 Å². The number of pyridine rings is 1. The highest BCUT2D eigenvalue weighted by molar-refractivity contribution is 9.10. The zero-order valence-electron chi connectivity index (χ0n) is 12.8. The quantitative estimate of drug-likeness (QED) is 0.747. The number of nitrogens with zero attached hydrogens (tertiary/aromatic N) is 1. The lowest BCUT2D eigenvalue weighted by molar-refractivity contribution is -0.118. The van der Waals surface area contributed by atoms with Gasteiger partial charge in [0, 0.05) is 6.20 Å². The third-order valence-corrected chi connectivity index (χ3v) is 4.96. The van der Waals surface area contributed by atoms with Gasteiger partial charge in [0.15, 0.2) is 0 Å². The fourth-order valence-electron chi connectivity index (χ4n) is 1.96. The highest BCUT2D eigenvalue weighted by atomic mass is 79.9. The van der Waals surface area contributed by atoms with E-state index in [-0.39, 0.29) is 17.1 Å². The van der Waals surface area contributed by atoms with Gasteiger partial charge < -0.3 is 10.5 Å². The first kappa shape index (κ1) is 18.2. The van der Waals surface area contributed by atoms with Gasteiger partial charge in [0.05, 0.1) is 22.4 Å². The number of sulfonamides is 1. The molecule has 128 valence electrons. The van der Waals surface area contributed by atoms with E-state index in [1.807, 2.05) is 11.6 Å². The number of amides is 1. The first-order valence-electron chi connectivity index (χ1n) is 7.00. The van der Waals surface area contributed by atoms with Gasteiger partial charge in [-0.25, -0.2) is 18.1 Å². The van der Waals surface area contributed by atoms with Crippen molar-refractivity contribution in [2.45, 2.75) is 18.2 Å². The van der Waals surface area contributed by atoms with Crippen molar-refractivity contribution in [3.05, 3.63) is 46.6 Å². The predicted molar refractivity (Wildman–Crippen MR) is 93.0 cm³/mol. The number of carbonyl (C=O) groups is 1. The number of rotatable bonds is 6. The van der Waals surface area contributed by atoms with Crippen LogP contribution in [0.5, 0.6) is 5.75 Å². The number of aromatic nitrogens is 1. The van der Waals surface area contributed by atoms with E-state index in [1.54, 1.807) is 6.07 Å². The largest absolute Gasteiger partial charge is 0.493 e. The summed E-state index contributed by atoms with van der Waals surface area (Å²) >= 11 is 3.25. The molecule has 1 heterocycles. The molecule has 3 N–H and O–H groups in total. The molecular weight excluding hydrogens is 398 g/mol. The molecule has 0 fully saturated rings. The van der Waals surface area contributed by atoms with Crippen LogP contribution >= 0.6 is 15.9 Å². The monoisotopic (exact) mass is 413 g/mol. The van der Waals surface area contributed by atoms with Crippen LogP contribution in [-0.2, 0) is 21.2 Å². The molecule has 0 spiro atoms. The van der Waals surface area contributed by atoms with Crippen LogP contribution in [0.1, 0.15) is 12.5 Å². The number of nitrogens with one attached hydrogen (secondary N) is 1. The van der Waals surface area contributed by atoms with Crippen LogP contribution in [0.4, 0.5) is 5.82 Å². The van der Waals surface area contributed by atoms with Crippen LogP contribution in [0.3, 0.4) is 0 Å². The molecule has 0 radical (unpaired) electrons. The molecular formula is C15H16BrN3O4S. The third-order valence-electron chi connectivity index (χ3n) is 2.97. The summed E-state index contributed by atoms with van der Waals surface area (Å²) < 4.78 is 32.4. The third kappa shape index (κ3) is 4.68. The summed E-state index contributed by atoms with van der Waals surface area (Å²) in [7, 11) is -3.98. The van der Waals surface area contributed by atoms with E-state index in [4.69, 9.17) is 10.5 Å². The molecule has 0 aliphatic heterocycles. The van der Waals surface area contributed by atoms with Crippen molar-refractivity contribution in [2.24, 2.45) is 0 Å². The number of halogens is 1. The average molecular weight is 414 g/mol. The van der Waals surface area contributed by atoms with Crippen molar-refractivity contribution in [2.75, 3.05) is 12.3 Å². The number of nitrogens with two attached hydrogens (primary N) is 1. The molecule has 0 aliphatic carbocycles. The molecule has 9 heteroatoms. The number of hydrogen-bond donors (Lipinski definition) is 2. The number of ether oxygens (including phenoxy) is 1. The average Bonchev–Trinajstić information content (AvgIpc) is 2.48. The van der Waals surface area contributed by atoms with Gasteiger partial charge in [-0.1, -0.05) is 0 Å². The Morgan fingerprint density at radius 3 is 2.71 bits per heavy atom. The van der Waals surface area contributed by atoms with Crippen molar-refractivity contribution in [1.82, 2.24) is 9.71 Å². The second-order valence-electron chi connectivity index (χ2n) is 4.82. The van der Waals surface area contributed by atoms with Gasteiger partial charge in [-0.2, -0.15) is 0 Å². The van der Waals surface area contributed by atoms with E-state index in [1.165, 1.54) is 30.5 Å². The molecule has 0 unspecified atom stereocenters. The highest BCUT2D eigenvalue weighted by Crippen LogP contribution is 2.27. The Morgan fingerprint density at radius 2 is 2.08 bits per heavy atom. The van der Waals surface area contributed by atoms with Crippen LogP contribution in [0, 0.1) is 0 Å². The summed E-state index contributed by atoms with van der Waals surface area (Å²) in [4.78, 5) is 15.8. The molecule has 2 rings (SSSR count). The fraction of sp³-hybridized carbons (Fsp3) is 0.200. The normalized spacial score (nSPS) is 11.1. The number of anilines is 1. The van der Waals surface area contributed by atoms with E-state index < -0.39 is 15.9 Å². The van der Waals surface area contributed by atoms with Gasteiger partial charge in [-0.3, -0.25) is 4.79 Å². The van der Waals surface area contributed by atoms with Crippen LogP contribution in [-0.4, -0.2) is 25.9 Å². The van der Waals surface area contributed by atoms with Crippen LogP contribution in [0.15, 0.2) is 45.9 Å². The SMILES string of the molecule is CCOc1ccc(S(=O)(=O)NC(=O)Cc2ccnc(N)c2)cc1Br. The van der Waals surface area contributed by atoms with Crippen molar-refractivity contribution >= 4 is 37.7 Å². The first-order valence-corrected chi connectivity index (χ1v) is 9.28. The number of benzene rings is 1. The van der Waals surface area contributed by atoms with E-state index in [2.05, 4.69) is 20.9 Å². The molecule has 1 aromatic carbocycles. The van der Waals surface area contributed by atoms with E-state index in [9.17, 15) is 13.2 Å². The van der Waals surface area contributed by atoms with Gasteiger partial charge >= 0.3 is 0 Å². The lowest BCUT2D eigenvalue weighted by atomic mass is 10.2. The summed E-state index contributed by atoms with van der Waals surface area (Å²) in [5.74, 6) is 0.124. The Balaban J connectivity index is 2.13. The zero-order valence-corrected chi connectivity index (χ0v) is 15.2. The van der Waals surface area contributed by atoms with Crippen LogP contribution < -0.4 is 15.2 Å². The van der Waals surface area contributed by atoms with Gasteiger partial charge in [0.1, 0.15) is 11.6 Å². The second-order valence-corrected chi connectivity index (χ2v) is 7.36. The van der Waals surface area contributed by atoms with Crippen molar-refractivity contribution in [3.63, 3.8) is 0 Å². The molecule has 0 aliphatic rings. The molecule has 1 amide bonds. The lowest BCUT2D eigenvalue weighted by Gasteiger charge is -2.10. The Labute approximate surface area is 148 Å². The standard InChI is InChI=1S/C15H16BrN3O4S/c1-2-23-13-4-3-11(9-12(13)16)24(21,22)19-15(20)8-10-5-6-18-14(17)7-10/h3-7,9H,2,8H2,1H3,(H2,17,18)(H,19,20). The Morgan fingerprint density at radius 1 is 1.33 bits per heavy atom. The summed E-state index contributed by atoms with van der Waals surface area (Å²) in [6.07, 6.45) is 1.33. The molecule has 24 heavy (non-hydrogen) atoms. The highest BCUT2D eigenvalue weighted by Gasteiger charge is 2.19. The van der Waals surface area contributed by atoms with Crippen LogP contribution in [0.2, 0.25) is 0 Å². The second kappa shape index (κ2) is 7.63. The lowest BCUT2D eigenvalue weighted by Crippen LogP contribution is -2.31. The molecule has 1 aromatic heterocycles. The maximum absolute atomic E-state index is 12.3. The van der Waals surface area contributed by atoms with Gasteiger partial charge in [-0.05, 0) is 58.7 Å². The van der Waals surface area contributed by atoms with Gasteiger partial charge in [0.2, 0.25) is 5.91 Å². The number of hydrogen-bond acceptors (Lipinski definition) is 6. The number of nitrogen functional groups attached to an aromatic ring is 1. The molecule has 0 saturated carbocycles. The summed E-state index contributed by atoms with van der Waals surface area (Å²) in [6, 6.07) is 7.38. The van der Waals surface area contributed by atoms with Crippen LogP contribution in [0.25, 0.3) is 0 Å². The number of carbonyl (C=O) groups excluding carboxylic acids is 1. The molecule has 7 nitrogen and oxygen atoms in total. The molecule has 0 saturated heterocycles. The summed E-state index contributed by atoms with van der Waals surface area (Å²) in [5, 5.41) is 0. The van der Waals surface area contributed by atoms with Crippen molar-refractivity contribution in [1.29, 1.82) is 0 Å². The van der Waals surface area contributed by atoms with Crippen molar-refractivity contribution in [3.8, 4) is 5.75 Å². The van der Waals surface area contributed by atoms with E-state index in [0.29, 0.717) is 22.4 Å². The minimum absolute atomic E-state index is 0.0413. The summed E-state index contributed by atoms with van der Waals surface area (Å²) in [5.41, 5.74) is 6.10.